The first kappa shape index (κ1) is 12.4. The summed E-state index contributed by atoms with van der Waals surface area (Å²) in [5.41, 5.74) is 1.27. The summed E-state index contributed by atoms with van der Waals surface area (Å²) in [4.78, 5) is 6.88. The van der Waals surface area contributed by atoms with Gasteiger partial charge in [0.25, 0.3) is 0 Å². The third kappa shape index (κ3) is 3.70. The highest BCUT2D eigenvalue weighted by Crippen LogP contribution is 2.16. The first-order valence-electron chi connectivity index (χ1n) is 6.67. The first-order valence-corrected chi connectivity index (χ1v) is 6.67. The Morgan fingerprint density at radius 2 is 2.41 bits per heavy atom. The number of nitrogens with one attached hydrogen (secondary N) is 1. The van der Waals surface area contributed by atoms with Gasteiger partial charge in [0, 0.05) is 19.3 Å². The van der Waals surface area contributed by atoms with Gasteiger partial charge in [-0.05, 0) is 56.5 Å². The summed E-state index contributed by atoms with van der Waals surface area (Å²) in [6.07, 6.45) is 4.55. The molecule has 1 aromatic heterocycles. The molecule has 0 amide bonds. The molecule has 1 aliphatic heterocycles. The number of likely N-dealkylation sites (tertiary alicyclic amines) is 1. The van der Waals surface area contributed by atoms with Crippen LogP contribution in [0.1, 0.15) is 25.3 Å². The molecular formula is C14H23N3. The summed E-state index contributed by atoms with van der Waals surface area (Å²) < 4.78 is 0. The van der Waals surface area contributed by atoms with E-state index in [4.69, 9.17) is 0 Å². The zero-order chi connectivity index (χ0) is 12.1. The normalized spacial score (nSPS) is 21.4. The fourth-order valence-corrected chi connectivity index (χ4v) is 2.49. The Kier molecular flexibility index (Phi) is 4.37. The van der Waals surface area contributed by atoms with Crippen LogP contribution in [0.25, 0.3) is 0 Å². The molecule has 3 heteroatoms. The van der Waals surface area contributed by atoms with Gasteiger partial charge in [-0.15, -0.1) is 0 Å². The van der Waals surface area contributed by atoms with Crippen molar-refractivity contribution in [3.63, 3.8) is 0 Å². The van der Waals surface area contributed by atoms with Crippen molar-refractivity contribution in [2.45, 2.75) is 26.7 Å². The van der Waals surface area contributed by atoms with Gasteiger partial charge < -0.3 is 10.2 Å². The minimum Gasteiger partial charge on any atom is -0.370 e. The van der Waals surface area contributed by atoms with E-state index in [1.165, 1.54) is 38.0 Å². The SMILES string of the molecule is CCN1CCCC(CNc2cc(C)ccn2)C1. The molecule has 0 spiro atoms. The lowest BCUT2D eigenvalue weighted by Gasteiger charge is -2.31. The van der Waals surface area contributed by atoms with E-state index in [1.807, 2.05) is 12.3 Å². The molecule has 2 rings (SSSR count). The lowest BCUT2D eigenvalue weighted by molar-refractivity contribution is 0.189. The van der Waals surface area contributed by atoms with Crippen molar-refractivity contribution in [3.05, 3.63) is 23.9 Å². The highest BCUT2D eigenvalue weighted by atomic mass is 15.1. The molecule has 1 unspecified atom stereocenters. The van der Waals surface area contributed by atoms with Crippen LogP contribution >= 0.6 is 0 Å². The molecule has 1 fully saturated rings. The molecule has 94 valence electrons. The standard InChI is InChI=1S/C14H23N3/c1-3-17-8-4-5-13(11-17)10-16-14-9-12(2)6-7-15-14/h6-7,9,13H,3-5,8,10-11H2,1-2H3,(H,15,16). The van der Waals surface area contributed by atoms with E-state index in [0.717, 1.165) is 18.3 Å². The maximum Gasteiger partial charge on any atom is 0.126 e. The molecule has 0 aliphatic carbocycles. The van der Waals surface area contributed by atoms with Crippen LogP contribution in [0.5, 0.6) is 0 Å². The zero-order valence-electron chi connectivity index (χ0n) is 10.9. The van der Waals surface area contributed by atoms with Crippen molar-refractivity contribution in [2.75, 3.05) is 31.5 Å². The number of rotatable bonds is 4. The molecule has 3 nitrogen and oxygen atoms in total. The zero-order valence-corrected chi connectivity index (χ0v) is 10.9. The fourth-order valence-electron chi connectivity index (χ4n) is 2.49. The maximum atomic E-state index is 4.34. The third-order valence-corrected chi connectivity index (χ3v) is 3.54. The summed E-state index contributed by atoms with van der Waals surface area (Å²) in [5.74, 6) is 1.78. The Hall–Kier alpha value is -1.09. The summed E-state index contributed by atoms with van der Waals surface area (Å²) in [6, 6.07) is 4.14. The van der Waals surface area contributed by atoms with Crippen LogP contribution in [0, 0.1) is 12.8 Å². The van der Waals surface area contributed by atoms with Gasteiger partial charge >= 0.3 is 0 Å². The highest BCUT2D eigenvalue weighted by molar-refractivity contribution is 5.36. The predicted octanol–water partition coefficient (Wildman–Crippen LogP) is 2.53. The largest absolute Gasteiger partial charge is 0.370 e. The van der Waals surface area contributed by atoms with Crippen LogP contribution in [-0.2, 0) is 0 Å². The second-order valence-electron chi connectivity index (χ2n) is 5.00. The van der Waals surface area contributed by atoms with Crippen LogP contribution in [0.2, 0.25) is 0 Å². The highest BCUT2D eigenvalue weighted by Gasteiger charge is 2.18. The number of hydrogen-bond donors (Lipinski definition) is 1. The van der Waals surface area contributed by atoms with Crippen molar-refractivity contribution in [3.8, 4) is 0 Å². The van der Waals surface area contributed by atoms with Crippen molar-refractivity contribution in [1.29, 1.82) is 0 Å². The van der Waals surface area contributed by atoms with Gasteiger partial charge in [-0.1, -0.05) is 6.92 Å². The molecule has 1 atom stereocenters. The summed E-state index contributed by atoms with van der Waals surface area (Å²) in [7, 11) is 0. The molecule has 1 saturated heterocycles. The molecule has 1 N–H and O–H groups in total. The number of aryl methyl sites for hydroxylation is 1. The van der Waals surface area contributed by atoms with Crippen LogP contribution in [0.3, 0.4) is 0 Å². The number of hydrogen-bond acceptors (Lipinski definition) is 3. The lowest BCUT2D eigenvalue weighted by Crippen LogP contribution is -2.37. The second kappa shape index (κ2) is 6.01. The van der Waals surface area contributed by atoms with E-state index in [0.29, 0.717) is 0 Å². The Morgan fingerprint density at radius 3 is 3.18 bits per heavy atom. The third-order valence-electron chi connectivity index (χ3n) is 3.54. The molecule has 1 aromatic rings. The van der Waals surface area contributed by atoms with Gasteiger partial charge in [0.2, 0.25) is 0 Å². The van der Waals surface area contributed by atoms with Crippen molar-refractivity contribution in [2.24, 2.45) is 5.92 Å². The Bertz CT molecular complexity index is 351. The number of nitrogens with zero attached hydrogens (tertiary/aromatic N) is 2. The summed E-state index contributed by atoms with van der Waals surface area (Å²) in [5, 5.41) is 3.46. The maximum absolute atomic E-state index is 4.34. The topological polar surface area (TPSA) is 28.2 Å². The van der Waals surface area contributed by atoms with Gasteiger partial charge in [0.1, 0.15) is 5.82 Å². The van der Waals surface area contributed by atoms with Crippen molar-refractivity contribution in [1.82, 2.24) is 9.88 Å². The van der Waals surface area contributed by atoms with E-state index < -0.39 is 0 Å². The Morgan fingerprint density at radius 1 is 1.53 bits per heavy atom. The van der Waals surface area contributed by atoms with Gasteiger partial charge in [0.15, 0.2) is 0 Å². The van der Waals surface area contributed by atoms with Crippen LogP contribution < -0.4 is 5.32 Å². The van der Waals surface area contributed by atoms with Crippen LogP contribution in [-0.4, -0.2) is 36.1 Å². The molecule has 17 heavy (non-hydrogen) atoms. The molecule has 0 bridgehead atoms. The average Bonchev–Trinajstić information content (AvgIpc) is 2.37. The Balaban J connectivity index is 1.81. The van der Waals surface area contributed by atoms with Crippen LogP contribution in [0.4, 0.5) is 5.82 Å². The quantitative estimate of drug-likeness (QED) is 0.866. The summed E-state index contributed by atoms with van der Waals surface area (Å²) in [6.45, 7) is 9.08. The van der Waals surface area contributed by atoms with E-state index in [-0.39, 0.29) is 0 Å². The molecule has 2 heterocycles. The average molecular weight is 233 g/mol. The minimum absolute atomic E-state index is 0.769. The van der Waals surface area contributed by atoms with Gasteiger partial charge in [-0.25, -0.2) is 4.98 Å². The lowest BCUT2D eigenvalue weighted by atomic mass is 9.98. The first-order chi connectivity index (χ1) is 8.28. The molecular weight excluding hydrogens is 210 g/mol. The smallest absolute Gasteiger partial charge is 0.126 e. The number of piperidine rings is 1. The Labute approximate surface area is 104 Å². The van der Waals surface area contributed by atoms with E-state index in [2.05, 4.69) is 35.1 Å². The van der Waals surface area contributed by atoms with Crippen LogP contribution in [0.15, 0.2) is 18.3 Å². The van der Waals surface area contributed by atoms with E-state index in [1.54, 1.807) is 0 Å². The molecule has 0 saturated carbocycles. The van der Waals surface area contributed by atoms with E-state index in [9.17, 15) is 0 Å². The van der Waals surface area contributed by atoms with Crippen molar-refractivity contribution < 1.29 is 0 Å². The molecule has 0 radical (unpaired) electrons. The number of anilines is 1. The number of pyridine rings is 1. The minimum atomic E-state index is 0.769. The molecule has 1 aliphatic rings. The summed E-state index contributed by atoms with van der Waals surface area (Å²) >= 11 is 0. The fraction of sp³-hybridized carbons (Fsp3) is 0.643. The van der Waals surface area contributed by atoms with Crippen molar-refractivity contribution >= 4 is 5.82 Å². The van der Waals surface area contributed by atoms with E-state index >= 15 is 0 Å². The van der Waals surface area contributed by atoms with Gasteiger partial charge in [0.05, 0.1) is 0 Å². The monoisotopic (exact) mass is 233 g/mol. The predicted molar refractivity (Wildman–Crippen MR) is 72.3 cm³/mol. The number of aromatic nitrogens is 1. The van der Waals surface area contributed by atoms with Gasteiger partial charge in [-0.3, -0.25) is 0 Å². The van der Waals surface area contributed by atoms with Gasteiger partial charge in [-0.2, -0.15) is 0 Å². The second-order valence-corrected chi connectivity index (χ2v) is 5.00. The molecule has 0 aromatic carbocycles.